The van der Waals surface area contributed by atoms with Gasteiger partial charge >= 0.3 is 0 Å². The van der Waals surface area contributed by atoms with Crippen LogP contribution in [0.1, 0.15) is 37.3 Å². The van der Waals surface area contributed by atoms with Crippen molar-refractivity contribution in [3.05, 3.63) is 83.9 Å². The molecular formula is C25H30O2. The molecule has 2 aromatic carbocycles. The Kier molecular flexibility index (Phi) is 5.75. The third kappa shape index (κ3) is 4.34. The molecule has 0 spiro atoms. The second kappa shape index (κ2) is 8.41. The minimum Gasteiger partial charge on any atom is -0.376 e. The van der Waals surface area contributed by atoms with Crippen LogP contribution in [0, 0.1) is 17.3 Å². The zero-order chi connectivity index (χ0) is 18.5. The maximum Gasteiger partial charge on any atom is 0.0720 e. The smallest absolute Gasteiger partial charge is 0.0720 e. The molecule has 0 heterocycles. The fourth-order valence-electron chi connectivity index (χ4n) is 4.79. The number of hydrogen-bond donors (Lipinski definition) is 0. The van der Waals surface area contributed by atoms with Crippen molar-refractivity contribution in [3.63, 3.8) is 0 Å². The van der Waals surface area contributed by atoms with Gasteiger partial charge in [-0.05, 0) is 47.6 Å². The molecule has 0 aliphatic heterocycles. The molecule has 2 aliphatic rings. The lowest BCUT2D eigenvalue weighted by Gasteiger charge is -2.50. The number of fused-ring (bicyclic) bond motifs is 2. The van der Waals surface area contributed by atoms with Crippen LogP contribution in [-0.4, -0.2) is 12.7 Å². The Bertz CT molecular complexity index is 739. The van der Waals surface area contributed by atoms with Crippen LogP contribution in [0.3, 0.4) is 0 Å². The molecule has 4 rings (SSSR count). The molecule has 0 aromatic heterocycles. The summed E-state index contributed by atoms with van der Waals surface area (Å²) in [5, 5.41) is 0. The van der Waals surface area contributed by atoms with E-state index in [9.17, 15) is 0 Å². The molecule has 0 saturated heterocycles. The number of ether oxygens (including phenoxy) is 2. The summed E-state index contributed by atoms with van der Waals surface area (Å²) >= 11 is 0. The highest BCUT2D eigenvalue weighted by Gasteiger charge is 2.47. The monoisotopic (exact) mass is 362 g/mol. The number of hydrogen-bond acceptors (Lipinski definition) is 2. The predicted octanol–water partition coefficient (Wildman–Crippen LogP) is 5.78. The molecular weight excluding hydrogens is 332 g/mol. The fourth-order valence-corrected chi connectivity index (χ4v) is 4.79. The summed E-state index contributed by atoms with van der Waals surface area (Å²) < 4.78 is 12.6. The highest BCUT2D eigenvalue weighted by Crippen LogP contribution is 2.50. The Morgan fingerprint density at radius 2 is 1.59 bits per heavy atom. The van der Waals surface area contributed by atoms with Gasteiger partial charge in [0.15, 0.2) is 0 Å². The second-order valence-corrected chi connectivity index (χ2v) is 8.29. The fraction of sp³-hybridized carbons (Fsp3) is 0.440. The average Bonchev–Trinajstić information content (AvgIpc) is 2.70. The summed E-state index contributed by atoms with van der Waals surface area (Å²) in [6.45, 7) is 4.62. The van der Waals surface area contributed by atoms with Gasteiger partial charge in [0.1, 0.15) is 0 Å². The van der Waals surface area contributed by atoms with E-state index in [-0.39, 0.29) is 5.41 Å². The van der Waals surface area contributed by atoms with Gasteiger partial charge in [-0.15, -0.1) is 0 Å². The summed E-state index contributed by atoms with van der Waals surface area (Å²) in [4.78, 5) is 0. The molecule has 2 nitrogen and oxygen atoms in total. The molecule has 142 valence electrons. The van der Waals surface area contributed by atoms with Gasteiger partial charge in [-0.1, -0.05) is 79.7 Å². The quantitative estimate of drug-likeness (QED) is 0.581. The zero-order valence-electron chi connectivity index (χ0n) is 16.2. The van der Waals surface area contributed by atoms with E-state index in [2.05, 4.69) is 79.7 Å². The summed E-state index contributed by atoms with van der Waals surface area (Å²) in [6, 6.07) is 21.0. The van der Waals surface area contributed by atoms with E-state index in [1.807, 2.05) is 0 Å². The molecule has 4 atom stereocenters. The van der Waals surface area contributed by atoms with Crippen molar-refractivity contribution >= 4 is 0 Å². The normalized spacial score (nSPS) is 29.6. The van der Waals surface area contributed by atoms with Crippen LogP contribution in [0.25, 0.3) is 0 Å². The molecule has 0 radical (unpaired) electrons. The minimum absolute atomic E-state index is 0.242. The topological polar surface area (TPSA) is 18.5 Å². The van der Waals surface area contributed by atoms with Crippen molar-refractivity contribution in [2.75, 3.05) is 6.61 Å². The van der Waals surface area contributed by atoms with Crippen LogP contribution in [0.15, 0.2) is 72.8 Å². The van der Waals surface area contributed by atoms with Crippen molar-refractivity contribution in [1.29, 1.82) is 0 Å². The van der Waals surface area contributed by atoms with Gasteiger partial charge in [0.2, 0.25) is 0 Å². The molecule has 2 bridgehead atoms. The summed E-state index contributed by atoms with van der Waals surface area (Å²) in [5.74, 6) is 1.08. The SMILES string of the molecule is CC12C=CCC(C1COCc1ccccc1)[C@@H](OCc1ccccc1)CC2. The maximum atomic E-state index is 6.41. The summed E-state index contributed by atoms with van der Waals surface area (Å²) in [7, 11) is 0. The molecule has 2 heteroatoms. The van der Waals surface area contributed by atoms with Crippen LogP contribution in [0.2, 0.25) is 0 Å². The van der Waals surface area contributed by atoms with Gasteiger partial charge in [-0.2, -0.15) is 0 Å². The molecule has 2 aliphatic carbocycles. The number of benzene rings is 2. The van der Waals surface area contributed by atoms with Gasteiger partial charge in [0.05, 0.1) is 25.9 Å². The molecule has 1 fully saturated rings. The average molecular weight is 363 g/mol. The Morgan fingerprint density at radius 3 is 2.30 bits per heavy atom. The van der Waals surface area contributed by atoms with Gasteiger partial charge in [0, 0.05) is 0 Å². The third-order valence-electron chi connectivity index (χ3n) is 6.43. The van der Waals surface area contributed by atoms with E-state index >= 15 is 0 Å². The number of rotatable bonds is 7. The summed E-state index contributed by atoms with van der Waals surface area (Å²) in [6.07, 6.45) is 8.57. The Hall–Kier alpha value is -1.90. The first-order valence-corrected chi connectivity index (χ1v) is 10.2. The minimum atomic E-state index is 0.242. The Morgan fingerprint density at radius 1 is 0.926 bits per heavy atom. The zero-order valence-corrected chi connectivity index (χ0v) is 16.2. The van der Waals surface area contributed by atoms with Crippen LogP contribution in [0.5, 0.6) is 0 Å². The van der Waals surface area contributed by atoms with Crippen molar-refractivity contribution in [2.24, 2.45) is 17.3 Å². The molecule has 0 amide bonds. The Labute approximate surface area is 163 Å². The van der Waals surface area contributed by atoms with Gasteiger partial charge in [-0.3, -0.25) is 0 Å². The number of allylic oxidation sites excluding steroid dienone is 2. The van der Waals surface area contributed by atoms with Crippen LogP contribution in [-0.2, 0) is 22.7 Å². The van der Waals surface area contributed by atoms with E-state index in [0.717, 1.165) is 19.4 Å². The second-order valence-electron chi connectivity index (χ2n) is 8.29. The molecule has 3 unspecified atom stereocenters. The third-order valence-corrected chi connectivity index (χ3v) is 6.43. The molecule has 0 N–H and O–H groups in total. The predicted molar refractivity (Wildman–Crippen MR) is 109 cm³/mol. The van der Waals surface area contributed by atoms with E-state index in [1.54, 1.807) is 0 Å². The first-order chi connectivity index (χ1) is 13.2. The van der Waals surface area contributed by atoms with Crippen molar-refractivity contribution in [2.45, 2.75) is 45.5 Å². The molecule has 27 heavy (non-hydrogen) atoms. The van der Waals surface area contributed by atoms with Crippen LogP contribution in [0.4, 0.5) is 0 Å². The standard InChI is InChI=1S/C25H30O2/c1-25-15-8-13-22(23(25)19-26-17-20-9-4-2-5-10-20)24(14-16-25)27-18-21-11-6-3-7-12-21/h2-12,15,22-24H,13-14,16-19H2,1H3/t22?,23?,24-,25?/m0/s1. The lowest BCUT2D eigenvalue weighted by molar-refractivity contribution is -0.101. The van der Waals surface area contributed by atoms with Crippen molar-refractivity contribution < 1.29 is 9.47 Å². The van der Waals surface area contributed by atoms with E-state index in [4.69, 9.17) is 9.47 Å². The molecule has 1 saturated carbocycles. The summed E-state index contributed by atoms with van der Waals surface area (Å²) in [5.41, 5.74) is 2.75. The van der Waals surface area contributed by atoms with E-state index < -0.39 is 0 Å². The largest absolute Gasteiger partial charge is 0.376 e. The lowest BCUT2D eigenvalue weighted by Crippen LogP contribution is -2.48. The first kappa shape index (κ1) is 18.5. The molecule has 2 aromatic rings. The highest BCUT2D eigenvalue weighted by atomic mass is 16.5. The van der Waals surface area contributed by atoms with Gasteiger partial charge < -0.3 is 9.47 Å². The first-order valence-electron chi connectivity index (χ1n) is 10.2. The van der Waals surface area contributed by atoms with Crippen molar-refractivity contribution in [3.8, 4) is 0 Å². The van der Waals surface area contributed by atoms with Gasteiger partial charge in [-0.25, -0.2) is 0 Å². The van der Waals surface area contributed by atoms with Crippen LogP contribution < -0.4 is 0 Å². The van der Waals surface area contributed by atoms with E-state index in [0.29, 0.717) is 31.2 Å². The van der Waals surface area contributed by atoms with E-state index in [1.165, 1.54) is 17.5 Å². The maximum absolute atomic E-state index is 6.41. The Balaban J connectivity index is 1.39. The van der Waals surface area contributed by atoms with Gasteiger partial charge in [0.25, 0.3) is 0 Å². The lowest BCUT2D eigenvalue weighted by atomic mass is 9.58. The van der Waals surface area contributed by atoms with Crippen molar-refractivity contribution in [1.82, 2.24) is 0 Å². The van der Waals surface area contributed by atoms with Crippen LogP contribution >= 0.6 is 0 Å². The highest BCUT2D eigenvalue weighted by molar-refractivity contribution is 5.16.